The predicted octanol–water partition coefficient (Wildman–Crippen LogP) is 2.25. The highest BCUT2D eigenvalue weighted by atomic mass is 16.3. The minimum atomic E-state index is -0.371. The summed E-state index contributed by atoms with van der Waals surface area (Å²) in [5.41, 5.74) is 7.32. The number of rotatable bonds is 4. The lowest BCUT2D eigenvalue weighted by atomic mass is 10.0. The molecule has 1 atom stereocenters. The molecule has 0 radical (unpaired) electrons. The smallest absolute Gasteiger partial charge is 0.262 e. The van der Waals surface area contributed by atoms with E-state index in [9.17, 15) is 9.90 Å². The minimum Gasteiger partial charge on any atom is -0.493 e. The van der Waals surface area contributed by atoms with Gasteiger partial charge in [0.05, 0.1) is 6.04 Å². The quantitative estimate of drug-likeness (QED) is 0.796. The summed E-state index contributed by atoms with van der Waals surface area (Å²) < 4.78 is 0. The van der Waals surface area contributed by atoms with E-state index in [1.807, 2.05) is 32.0 Å². The van der Waals surface area contributed by atoms with Crippen LogP contribution in [0.15, 0.2) is 29.1 Å². The molecular formula is C15H19N3O2. The van der Waals surface area contributed by atoms with Crippen molar-refractivity contribution in [2.45, 2.75) is 32.7 Å². The van der Waals surface area contributed by atoms with Gasteiger partial charge in [0, 0.05) is 0 Å². The molecule has 0 spiro atoms. The molecule has 0 saturated carbocycles. The van der Waals surface area contributed by atoms with Crippen molar-refractivity contribution in [1.82, 2.24) is 9.97 Å². The van der Waals surface area contributed by atoms with Crippen molar-refractivity contribution in [3.05, 3.63) is 46.0 Å². The number of aromatic nitrogens is 2. The molecule has 0 amide bonds. The first-order chi connectivity index (χ1) is 9.54. The van der Waals surface area contributed by atoms with Gasteiger partial charge < -0.3 is 15.8 Å². The van der Waals surface area contributed by atoms with E-state index in [0.29, 0.717) is 17.8 Å². The van der Waals surface area contributed by atoms with E-state index in [2.05, 4.69) is 9.97 Å². The third-order valence-electron chi connectivity index (χ3n) is 3.28. The van der Waals surface area contributed by atoms with Gasteiger partial charge in [0.2, 0.25) is 5.88 Å². The zero-order chi connectivity index (χ0) is 14.7. The summed E-state index contributed by atoms with van der Waals surface area (Å²) in [7, 11) is 0. The fraction of sp³-hybridized carbons (Fsp3) is 0.333. The number of aryl methyl sites for hydroxylation is 1. The van der Waals surface area contributed by atoms with Crippen molar-refractivity contribution >= 4 is 0 Å². The lowest BCUT2D eigenvalue weighted by Crippen LogP contribution is -2.21. The number of benzene rings is 1. The third-order valence-corrected chi connectivity index (χ3v) is 3.28. The Labute approximate surface area is 117 Å². The molecule has 1 heterocycles. The van der Waals surface area contributed by atoms with Crippen molar-refractivity contribution < 1.29 is 5.11 Å². The van der Waals surface area contributed by atoms with Crippen LogP contribution in [0.2, 0.25) is 0 Å². The second kappa shape index (κ2) is 5.88. The molecule has 0 fully saturated rings. The van der Waals surface area contributed by atoms with E-state index < -0.39 is 0 Å². The van der Waals surface area contributed by atoms with Gasteiger partial charge in [0.15, 0.2) is 0 Å². The van der Waals surface area contributed by atoms with Gasteiger partial charge in [-0.05, 0) is 24.5 Å². The molecule has 0 aliphatic rings. The van der Waals surface area contributed by atoms with Crippen LogP contribution in [0.5, 0.6) is 5.88 Å². The lowest BCUT2D eigenvalue weighted by molar-refractivity contribution is 0.444. The van der Waals surface area contributed by atoms with Gasteiger partial charge in [-0.15, -0.1) is 0 Å². The van der Waals surface area contributed by atoms with Gasteiger partial charge in [0.25, 0.3) is 5.56 Å². The van der Waals surface area contributed by atoms with E-state index in [4.69, 9.17) is 5.73 Å². The van der Waals surface area contributed by atoms with E-state index >= 15 is 0 Å². The van der Waals surface area contributed by atoms with E-state index in [0.717, 1.165) is 12.0 Å². The normalized spacial score (nSPS) is 12.3. The van der Waals surface area contributed by atoms with Gasteiger partial charge in [-0.25, -0.2) is 0 Å². The van der Waals surface area contributed by atoms with Crippen LogP contribution < -0.4 is 11.3 Å². The number of H-pyrrole nitrogens is 1. The maximum Gasteiger partial charge on any atom is 0.262 e. The standard InChI is InChI=1S/C15H19N3O2/c1-3-6-11(16)13-17-14(19)12(15(20)18-13)10-8-5-4-7-9(10)2/h4-5,7-8,11H,3,6,16H2,1-2H3,(H2,17,18,19,20). The second-order valence-electron chi connectivity index (χ2n) is 4.86. The molecule has 1 aromatic heterocycles. The molecule has 1 aromatic carbocycles. The van der Waals surface area contributed by atoms with Gasteiger partial charge in [-0.1, -0.05) is 37.6 Å². The molecule has 5 heteroatoms. The summed E-state index contributed by atoms with van der Waals surface area (Å²) in [6.07, 6.45) is 1.58. The fourth-order valence-corrected chi connectivity index (χ4v) is 2.20. The first-order valence-corrected chi connectivity index (χ1v) is 6.69. The molecular weight excluding hydrogens is 254 g/mol. The van der Waals surface area contributed by atoms with Gasteiger partial charge in [0.1, 0.15) is 11.4 Å². The predicted molar refractivity (Wildman–Crippen MR) is 78.5 cm³/mol. The van der Waals surface area contributed by atoms with Crippen LogP contribution in [-0.4, -0.2) is 15.1 Å². The molecule has 2 aromatic rings. The minimum absolute atomic E-state index is 0.190. The molecule has 4 N–H and O–H groups in total. The summed E-state index contributed by atoms with van der Waals surface area (Å²) in [5, 5.41) is 10.1. The number of nitrogens with zero attached hydrogens (tertiary/aromatic N) is 1. The van der Waals surface area contributed by atoms with Gasteiger partial charge >= 0.3 is 0 Å². The summed E-state index contributed by atoms with van der Waals surface area (Å²) >= 11 is 0. The average Bonchev–Trinajstić information content (AvgIpc) is 2.40. The van der Waals surface area contributed by atoms with E-state index in [1.54, 1.807) is 6.07 Å². The largest absolute Gasteiger partial charge is 0.493 e. The van der Waals surface area contributed by atoms with Crippen LogP contribution in [0.1, 0.15) is 37.2 Å². The maximum absolute atomic E-state index is 12.2. The molecule has 2 rings (SSSR count). The third kappa shape index (κ3) is 2.72. The summed E-state index contributed by atoms with van der Waals surface area (Å²) in [4.78, 5) is 18.9. The first kappa shape index (κ1) is 14.3. The van der Waals surface area contributed by atoms with Crippen molar-refractivity contribution in [1.29, 1.82) is 0 Å². The Kier molecular flexibility index (Phi) is 4.20. The Hall–Kier alpha value is -2.14. The van der Waals surface area contributed by atoms with Crippen LogP contribution in [0.25, 0.3) is 11.1 Å². The molecule has 20 heavy (non-hydrogen) atoms. The number of nitrogens with one attached hydrogen (secondary N) is 1. The monoisotopic (exact) mass is 273 g/mol. The summed E-state index contributed by atoms with van der Waals surface area (Å²) in [6, 6.07) is 6.99. The zero-order valence-corrected chi connectivity index (χ0v) is 11.7. The molecule has 0 aliphatic heterocycles. The Morgan fingerprint density at radius 3 is 2.70 bits per heavy atom. The lowest BCUT2D eigenvalue weighted by Gasteiger charge is -2.12. The van der Waals surface area contributed by atoms with Crippen LogP contribution >= 0.6 is 0 Å². The van der Waals surface area contributed by atoms with Crippen LogP contribution in [0, 0.1) is 6.92 Å². The number of aromatic amines is 1. The highest BCUT2D eigenvalue weighted by molar-refractivity contribution is 5.70. The Morgan fingerprint density at radius 2 is 2.10 bits per heavy atom. The second-order valence-corrected chi connectivity index (χ2v) is 4.86. The molecule has 5 nitrogen and oxygen atoms in total. The first-order valence-electron chi connectivity index (χ1n) is 6.69. The topological polar surface area (TPSA) is 92.0 Å². The number of nitrogens with two attached hydrogens (primary N) is 1. The van der Waals surface area contributed by atoms with Crippen LogP contribution in [-0.2, 0) is 0 Å². The van der Waals surface area contributed by atoms with Crippen molar-refractivity contribution in [3.8, 4) is 17.0 Å². The van der Waals surface area contributed by atoms with E-state index in [1.165, 1.54) is 0 Å². The maximum atomic E-state index is 12.2. The summed E-state index contributed by atoms with van der Waals surface area (Å²) in [6.45, 7) is 3.88. The average molecular weight is 273 g/mol. The van der Waals surface area contributed by atoms with Crippen molar-refractivity contribution in [3.63, 3.8) is 0 Å². The Bertz CT molecular complexity index is 664. The van der Waals surface area contributed by atoms with Gasteiger partial charge in [-0.3, -0.25) is 4.79 Å². The van der Waals surface area contributed by atoms with Crippen molar-refractivity contribution in [2.75, 3.05) is 0 Å². The fourth-order valence-electron chi connectivity index (χ4n) is 2.20. The Morgan fingerprint density at radius 1 is 1.40 bits per heavy atom. The number of hydrogen-bond donors (Lipinski definition) is 3. The zero-order valence-electron chi connectivity index (χ0n) is 11.7. The number of aromatic hydroxyl groups is 1. The number of hydrogen-bond acceptors (Lipinski definition) is 4. The van der Waals surface area contributed by atoms with Gasteiger partial charge in [-0.2, -0.15) is 4.98 Å². The van der Waals surface area contributed by atoms with Crippen LogP contribution in [0.3, 0.4) is 0 Å². The summed E-state index contributed by atoms with van der Waals surface area (Å²) in [5.74, 6) is 0.0521. The molecule has 0 saturated heterocycles. The highest BCUT2D eigenvalue weighted by Crippen LogP contribution is 2.27. The molecule has 1 unspecified atom stereocenters. The highest BCUT2D eigenvalue weighted by Gasteiger charge is 2.17. The van der Waals surface area contributed by atoms with Crippen molar-refractivity contribution in [2.24, 2.45) is 5.73 Å². The van der Waals surface area contributed by atoms with E-state index in [-0.39, 0.29) is 23.0 Å². The molecule has 0 bridgehead atoms. The van der Waals surface area contributed by atoms with Crippen LogP contribution in [0.4, 0.5) is 0 Å². The molecule has 0 aliphatic carbocycles. The SMILES string of the molecule is CCCC(N)c1nc(O)c(-c2ccccc2C)c(=O)[nH]1. The molecule has 106 valence electrons. The Balaban J connectivity index is 2.53.